The summed E-state index contributed by atoms with van der Waals surface area (Å²) in [6.45, 7) is 0. The van der Waals surface area contributed by atoms with Crippen LogP contribution in [0.2, 0.25) is 0 Å². The van der Waals surface area contributed by atoms with Gasteiger partial charge in [0.25, 0.3) is 5.95 Å². The maximum Gasteiger partial charge on any atom is 0.407 e. The van der Waals surface area contributed by atoms with E-state index in [0.717, 1.165) is 12.3 Å². The Kier molecular flexibility index (Phi) is 2.01. The average Bonchev–Trinajstić information content (AvgIpc) is 2.31. The molecule has 0 aliphatic carbocycles. The predicted molar refractivity (Wildman–Crippen MR) is 33.4 cm³/mol. The summed E-state index contributed by atoms with van der Waals surface area (Å²) < 4.78 is 40.0. The molecular formula is C6H6F3NO2. The van der Waals surface area contributed by atoms with Gasteiger partial charge in [0.05, 0.1) is 11.8 Å². The van der Waals surface area contributed by atoms with Crippen LogP contribution in [0.4, 0.5) is 13.2 Å². The summed E-state index contributed by atoms with van der Waals surface area (Å²) in [5.41, 5.74) is 4.32. The minimum absolute atomic E-state index is 0.456. The monoisotopic (exact) mass is 181 g/mol. The van der Waals surface area contributed by atoms with E-state index in [1.165, 1.54) is 0 Å². The Morgan fingerprint density at radius 3 is 2.42 bits per heavy atom. The molecule has 1 heterocycles. The first-order valence-electron chi connectivity index (χ1n) is 3.01. The van der Waals surface area contributed by atoms with Gasteiger partial charge in [0, 0.05) is 0 Å². The van der Waals surface area contributed by atoms with Gasteiger partial charge in [-0.15, -0.1) is 0 Å². The molecule has 1 atom stereocenters. The highest BCUT2D eigenvalue weighted by Crippen LogP contribution is 2.35. The molecule has 0 saturated carbocycles. The van der Waals surface area contributed by atoms with Gasteiger partial charge in [0.2, 0.25) is 0 Å². The lowest BCUT2D eigenvalue weighted by atomic mass is 10.1. The second-order valence-corrected chi connectivity index (χ2v) is 2.20. The third-order valence-corrected chi connectivity index (χ3v) is 1.36. The second kappa shape index (κ2) is 2.71. The van der Waals surface area contributed by atoms with Crippen LogP contribution in [-0.4, -0.2) is 11.3 Å². The predicted octanol–water partition coefficient (Wildman–Crippen LogP) is 1.55. The molecule has 1 rings (SSSR count). The zero-order valence-electron chi connectivity index (χ0n) is 5.80. The van der Waals surface area contributed by atoms with Gasteiger partial charge in [-0.1, -0.05) is 0 Å². The molecule has 12 heavy (non-hydrogen) atoms. The van der Waals surface area contributed by atoms with Crippen LogP contribution in [0.1, 0.15) is 11.6 Å². The summed E-state index contributed by atoms with van der Waals surface area (Å²) in [5.74, 6) is -0.792. The molecule has 0 fully saturated rings. The molecule has 68 valence electrons. The zero-order chi connectivity index (χ0) is 9.35. The quantitative estimate of drug-likeness (QED) is 0.690. The summed E-state index contributed by atoms with van der Waals surface area (Å²) in [5, 5.41) is 8.74. The summed E-state index contributed by atoms with van der Waals surface area (Å²) in [6.07, 6.45) is -3.63. The van der Waals surface area contributed by atoms with Crippen LogP contribution < -0.4 is 5.73 Å². The second-order valence-electron chi connectivity index (χ2n) is 2.20. The van der Waals surface area contributed by atoms with E-state index in [1.54, 1.807) is 0 Å². The molecule has 1 aromatic rings. The zero-order valence-corrected chi connectivity index (χ0v) is 5.80. The van der Waals surface area contributed by atoms with E-state index in [9.17, 15) is 13.2 Å². The summed E-state index contributed by atoms with van der Waals surface area (Å²) >= 11 is 0. The highest BCUT2D eigenvalue weighted by molar-refractivity contribution is 5.25. The van der Waals surface area contributed by atoms with E-state index in [0.29, 0.717) is 0 Å². The molecule has 0 amide bonds. The number of hydrogen-bond donors (Lipinski definition) is 2. The molecular weight excluding hydrogens is 175 g/mol. The average molecular weight is 181 g/mol. The van der Waals surface area contributed by atoms with Crippen molar-refractivity contribution in [2.24, 2.45) is 5.73 Å². The van der Waals surface area contributed by atoms with Crippen LogP contribution in [0.25, 0.3) is 0 Å². The van der Waals surface area contributed by atoms with E-state index < -0.39 is 23.7 Å². The number of halogens is 3. The topological polar surface area (TPSA) is 59.4 Å². The Balaban J connectivity index is 2.92. The van der Waals surface area contributed by atoms with Crippen LogP contribution in [-0.2, 0) is 0 Å². The molecule has 0 aliphatic rings. The van der Waals surface area contributed by atoms with Crippen molar-refractivity contribution >= 4 is 0 Å². The van der Waals surface area contributed by atoms with Crippen molar-refractivity contribution in [3.63, 3.8) is 0 Å². The molecule has 0 bridgehead atoms. The molecule has 0 saturated heterocycles. The number of rotatable bonds is 1. The van der Waals surface area contributed by atoms with Crippen LogP contribution in [0, 0.1) is 0 Å². The first-order valence-corrected chi connectivity index (χ1v) is 3.01. The molecule has 0 spiro atoms. The standard InChI is InChI=1S/C6H6F3NO2/c7-6(8,9)4(10)3-1-2-12-5(3)11/h1-2,4,11H,10H2. The van der Waals surface area contributed by atoms with Crippen molar-refractivity contribution in [3.8, 4) is 5.95 Å². The fraction of sp³-hybridized carbons (Fsp3) is 0.333. The maximum atomic E-state index is 11.9. The SMILES string of the molecule is NC(c1ccoc1O)C(F)(F)F. The molecule has 0 radical (unpaired) electrons. The molecule has 0 aliphatic heterocycles. The summed E-state index contributed by atoms with van der Waals surface area (Å²) in [4.78, 5) is 0. The fourth-order valence-electron chi connectivity index (χ4n) is 0.724. The molecule has 0 aromatic carbocycles. The first-order chi connectivity index (χ1) is 5.43. The van der Waals surface area contributed by atoms with Gasteiger partial charge in [0.1, 0.15) is 6.04 Å². The Morgan fingerprint density at radius 1 is 1.50 bits per heavy atom. The smallest absolute Gasteiger partial charge is 0.407 e. The number of aromatic hydroxyl groups is 1. The highest BCUT2D eigenvalue weighted by Gasteiger charge is 2.40. The Morgan fingerprint density at radius 2 is 2.08 bits per heavy atom. The van der Waals surface area contributed by atoms with Crippen LogP contribution in [0.3, 0.4) is 0 Å². The maximum absolute atomic E-state index is 11.9. The van der Waals surface area contributed by atoms with Crippen LogP contribution in [0.5, 0.6) is 5.95 Å². The van der Waals surface area contributed by atoms with Crippen molar-refractivity contribution in [1.29, 1.82) is 0 Å². The Bertz CT molecular complexity index is 268. The first kappa shape index (κ1) is 8.92. The summed E-state index contributed by atoms with van der Waals surface area (Å²) in [7, 11) is 0. The fourth-order valence-corrected chi connectivity index (χ4v) is 0.724. The van der Waals surface area contributed by atoms with Gasteiger partial charge in [-0.3, -0.25) is 0 Å². The Labute approximate surface area is 65.6 Å². The third kappa shape index (κ3) is 1.53. The van der Waals surface area contributed by atoms with Crippen molar-refractivity contribution < 1.29 is 22.7 Å². The number of alkyl halides is 3. The number of hydrogen-bond acceptors (Lipinski definition) is 3. The van der Waals surface area contributed by atoms with E-state index in [4.69, 9.17) is 10.8 Å². The highest BCUT2D eigenvalue weighted by atomic mass is 19.4. The van der Waals surface area contributed by atoms with Gasteiger partial charge < -0.3 is 15.3 Å². The lowest BCUT2D eigenvalue weighted by molar-refractivity contribution is -0.149. The largest absolute Gasteiger partial charge is 0.480 e. The van der Waals surface area contributed by atoms with Gasteiger partial charge >= 0.3 is 6.18 Å². The van der Waals surface area contributed by atoms with Crippen molar-refractivity contribution in [2.45, 2.75) is 12.2 Å². The normalized spacial score (nSPS) is 14.7. The van der Waals surface area contributed by atoms with Crippen LogP contribution >= 0.6 is 0 Å². The number of furan rings is 1. The Hall–Kier alpha value is -1.17. The molecule has 1 unspecified atom stereocenters. The van der Waals surface area contributed by atoms with Gasteiger partial charge in [-0.05, 0) is 6.07 Å². The lowest BCUT2D eigenvalue weighted by Gasteiger charge is -2.13. The van der Waals surface area contributed by atoms with Gasteiger partial charge in [0.15, 0.2) is 0 Å². The molecule has 3 N–H and O–H groups in total. The van der Waals surface area contributed by atoms with E-state index in [1.807, 2.05) is 0 Å². The van der Waals surface area contributed by atoms with Gasteiger partial charge in [-0.2, -0.15) is 13.2 Å². The summed E-state index contributed by atoms with van der Waals surface area (Å²) in [6, 6.07) is -1.22. The van der Waals surface area contributed by atoms with Crippen molar-refractivity contribution in [1.82, 2.24) is 0 Å². The van der Waals surface area contributed by atoms with Crippen LogP contribution in [0.15, 0.2) is 16.7 Å². The van der Waals surface area contributed by atoms with Gasteiger partial charge in [-0.25, -0.2) is 0 Å². The molecule has 3 nitrogen and oxygen atoms in total. The van der Waals surface area contributed by atoms with Crippen molar-refractivity contribution in [2.75, 3.05) is 0 Å². The van der Waals surface area contributed by atoms with E-state index in [2.05, 4.69) is 4.42 Å². The van der Waals surface area contributed by atoms with E-state index in [-0.39, 0.29) is 0 Å². The lowest BCUT2D eigenvalue weighted by Crippen LogP contribution is -2.27. The minimum Gasteiger partial charge on any atom is -0.480 e. The minimum atomic E-state index is -4.57. The molecule has 6 heteroatoms. The third-order valence-electron chi connectivity index (χ3n) is 1.36. The van der Waals surface area contributed by atoms with Crippen molar-refractivity contribution in [3.05, 3.63) is 17.9 Å². The molecule has 1 aromatic heterocycles. The number of nitrogens with two attached hydrogens (primary N) is 1. The van der Waals surface area contributed by atoms with E-state index >= 15 is 0 Å².